The summed E-state index contributed by atoms with van der Waals surface area (Å²) in [5.41, 5.74) is 2.45. The Labute approximate surface area is 152 Å². The standard InChI is InChI=1S/C19H23N3O4/c1-26-12-11-20-17(19(24)25)13-18(23)22-16-9-7-15(8-10-16)21-14-5-3-2-4-6-14/h2-10,17,20-21H,11-13H2,1H3,(H,22,23)(H,24,25)/t17-/m1/s1. The van der Waals surface area contributed by atoms with Gasteiger partial charge < -0.3 is 30.6 Å². The number of hydrogen-bond acceptors (Lipinski definition) is 5. The van der Waals surface area contributed by atoms with Gasteiger partial charge in [-0.1, -0.05) is 18.2 Å². The van der Waals surface area contributed by atoms with E-state index in [0.717, 1.165) is 11.4 Å². The van der Waals surface area contributed by atoms with Gasteiger partial charge in [0.1, 0.15) is 6.04 Å². The van der Waals surface area contributed by atoms with Gasteiger partial charge >= 0.3 is 0 Å². The van der Waals surface area contributed by atoms with Crippen molar-refractivity contribution in [3.63, 3.8) is 0 Å². The van der Waals surface area contributed by atoms with E-state index < -0.39 is 12.0 Å². The van der Waals surface area contributed by atoms with Crippen molar-refractivity contribution in [2.45, 2.75) is 12.5 Å². The van der Waals surface area contributed by atoms with E-state index in [1.54, 1.807) is 12.1 Å². The Hall–Kier alpha value is -2.90. The molecule has 0 radical (unpaired) electrons. The number of ether oxygens (including phenoxy) is 1. The Morgan fingerprint density at radius 3 is 2.27 bits per heavy atom. The first-order chi connectivity index (χ1) is 12.6. The number of amides is 1. The number of nitrogens with two attached hydrogens (primary N) is 1. The van der Waals surface area contributed by atoms with E-state index in [-0.39, 0.29) is 12.3 Å². The minimum Gasteiger partial charge on any atom is -0.544 e. The van der Waals surface area contributed by atoms with Crippen molar-refractivity contribution in [2.75, 3.05) is 30.9 Å². The average molecular weight is 357 g/mol. The molecule has 0 spiro atoms. The molecule has 7 nitrogen and oxygen atoms in total. The van der Waals surface area contributed by atoms with Crippen molar-refractivity contribution in [1.29, 1.82) is 0 Å². The van der Waals surface area contributed by atoms with E-state index in [1.165, 1.54) is 12.4 Å². The smallest absolute Gasteiger partial charge is 0.230 e. The maximum atomic E-state index is 12.1. The van der Waals surface area contributed by atoms with Gasteiger partial charge in [0.05, 0.1) is 25.5 Å². The van der Waals surface area contributed by atoms with Crippen molar-refractivity contribution in [3.05, 3.63) is 54.6 Å². The molecular weight excluding hydrogens is 334 g/mol. The maximum Gasteiger partial charge on any atom is 0.230 e. The monoisotopic (exact) mass is 357 g/mol. The molecule has 4 N–H and O–H groups in total. The molecule has 0 aliphatic rings. The normalized spacial score (nSPS) is 11.6. The van der Waals surface area contributed by atoms with Crippen molar-refractivity contribution in [3.8, 4) is 0 Å². The molecule has 1 amide bonds. The quantitative estimate of drug-likeness (QED) is 0.522. The fraction of sp³-hybridized carbons (Fsp3) is 0.263. The number of benzene rings is 2. The van der Waals surface area contributed by atoms with Gasteiger partial charge in [-0.05, 0) is 36.4 Å². The lowest BCUT2D eigenvalue weighted by molar-refractivity contribution is -0.683. The molecule has 138 valence electrons. The van der Waals surface area contributed by atoms with Crippen LogP contribution in [-0.4, -0.2) is 38.2 Å². The first-order valence-corrected chi connectivity index (χ1v) is 8.33. The summed E-state index contributed by atoms with van der Waals surface area (Å²) in [5, 5.41) is 18.6. The van der Waals surface area contributed by atoms with Gasteiger partial charge in [0.15, 0.2) is 0 Å². The summed E-state index contributed by atoms with van der Waals surface area (Å²) in [6.07, 6.45) is -0.171. The molecule has 7 heteroatoms. The van der Waals surface area contributed by atoms with Crippen LogP contribution in [0.1, 0.15) is 6.42 Å². The third-order valence-corrected chi connectivity index (χ3v) is 3.71. The van der Waals surface area contributed by atoms with E-state index in [1.807, 2.05) is 42.5 Å². The lowest BCUT2D eigenvalue weighted by Gasteiger charge is -2.16. The molecule has 0 heterocycles. The summed E-state index contributed by atoms with van der Waals surface area (Å²) < 4.78 is 4.88. The first-order valence-electron chi connectivity index (χ1n) is 8.33. The Morgan fingerprint density at radius 1 is 1.04 bits per heavy atom. The van der Waals surface area contributed by atoms with Gasteiger partial charge in [-0.3, -0.25) is 4.79 Å². The fourth-order valence-corrected chi connectivity index (χ4v) is 2.39. The van der Waals surface area contributed by atoms with Crippen LogP contribution >= 0.6 is 0 Å². The molecule has 0 fully saturated rings. The molecule has 26 heavy (non-hydrogen) atoms. The second kappa shape index (κ2) is 10.2. The summed E-state index contributed by atoms with van der Waals surface area (Å²) in [5.74, 6) is -1.64. The summed E-state index contributed by atoms with van der Waals surface area (Å²) in [7, 11) is 1.53. The SMILES string of the molecule is COCC[NH2+][C@H](CC(=O)Nc1ccc(Nc2ccccc2)cc1)C(=O)[O-]. The van der Waals surface area contributed by atoms with Crippen molar-refractivity contribution in [1.82, 2.24) is 0 Å². The third-order valence-electron chi connectivity index (χ3n) is 3.71. The summed E-state index contributed by atoms with van der Waals surface area (Å²) in [6, 6.07) is 16.0. The zero-order valence-electron chi connectivity index (χ0n) is 14.6. The predicted octanol–water partition coefficient (Wildman–Crippen LogP) is 0.0871. The zero-order valence-corrected chi connectivity index (χ0v) is 14.6. The molecule has 0 saturated heterocycles. The van der Waals surface area contributed by atoms with E-state index in [0.29, 0.717) is 18.8 Å². The average Bonchev–Trinajstić information content (AvgIpc) is 2.63. The number of aliphatic carboxylic acids is 1. The lowest BCUT2D eigenvalue weighted by atomic mass is 10.2. The van der Waals surface area contributed by atoms with Gasteiger partial charge in [-0.2, -0.15) is 0 Å². The van der Waals surface area contributed by atoms with Crippen LogP contribution in [0.15, 0.2) is 54.6 Å². The van der Waals surface area contributed by atoms with Crippen LogP contribution in [0.4, 0.5) is 17.1 Å². The fourth-order valence-electron chi connectivity index (χ4n) is 2.39. The molecule has 2 aromatic carbocycles. The molecule has 0 aromatic heterocycles. The third kappa shape index (κ3) is 6.54. The van der Waals surface area contributed by atoms with Crippen molar-refractivity contribution >= 4 is 28.9 Å². The Morgan fingerprint density at radius 2 is 1.65 bits per heavy atom. The maximum absolute atomic E-state index is 12.1. The first kappa shape index (κ1) is 19.4. The van der Waals surface area contributed by atoms with Crippen LogP contribution in [0.2, 0.25) is 0 Å². The van der Waals surface area contributed by atoms with Gasteiger partial charge in [-0.25, -0.2) is 0 Å². The highest BCUT2D eigenvalue weighted by Crippen LogP contribution is 2.18. The van der Waals surface area contributed by atoms with Crippen LogP contribution in [-0.2, 0) is 14.3 Å². The molecule has 1 atom stereocenters. The molecule has 2 aromatic rings. The molecule has 0 aliphatic heterocycles. The van der Waals surface area contributed by atoms with E-state index >= 15 is 0 Å². The van der Waals surface area contributed by atoms with E-state index in [2.05, 4.69) is 10.6 Å². The van der Waals surface area contributed by atoms with Gasteiger partial charge in [0.2, 0.25) is 5.91 Å². The van der Waals surface area contributed by atoms with Crippen LogP contribution in [0.5, 0.6) is 0 Å². The van der Waals surface area contributed by atoms with E-state index in [9.17, 15) is 14.7 Å². The lowest BCUT2D eigenvalue weighted by Crippen LogP contribution is -2.94. The summed E-state index contributed by atoms with van der Waals surface area (Å²) in [6.45, 7) is 0.851. The number of quaternary nitrogens is 1. The summed E-state index contributed by atoms with van der Waals surface area (Å²) >= 11 is 0. The molecule has 0 aliphatic carbocycles. The van der Waals surface area contributed by atoms with Crippen LogP contribution in [0, 0.1) is 0 Å². The van der Waals surface area contributed by atoms with Gasteiger partial charge in [0.25, 0.3) is 0 Å². The topological polar surface area (TPSA) is 107 Å². The Balaban J connectivity index is 1.87. The highest BCUT2D eigenvalue weighted by Gasteiger charge is 2.18. The molecule has 0 unspecified atom stereocenters. The highest BCUT2D eigenvalue weighted by atomic mass is 16.5. The second-order valence-electron chi connectivity index (χ2n) is 5.76. The number of carbonyl (C=O) groups is 2. The van der Waals surface area contributed by atoms with Gasteiger partial charge in [0, 0.05) is 24.2 Å². The number of rotatable bonds is 10. The van der Waals surface area contributed by atoms with E-state index in [4.69, 9.17) is 4.74 Å². The van der Waals surface area contributed by atoms with Crippen LogP contribution in [0.3, 0.4) is 0 Å². The zero-order chi connectivity index (χ0) is 18.8. The van der Waals surface area contributed by atoms with Crippen LogP contribution in [0.25, 0.3) is 0 Å². The number of carbonyl (C=O) groups excluding carboxylic acids is 2. The molecule has 2 rings (SSSR count). The molecule has 0 bridgehead atoms. The predicted molar refractivity (Wildman–Crippen MR) is 96.9 cm³/mol. The van der Waals surface area contributed by atoms with Crippen molar-refractivity contribution < 1.29 is 24.7 Å². The van der Waals surface area contributed by atoms with Crippen molar-refractivity contribution in [2.24, 2.45) is 0 Å². The number of para-hydroxylation sites is 1. The number of carboxylic acids is 1. The van der Waals surface area contributed by atoms with Gasteiger partial charge in [-0.15, -0.1) is 0 Å². The van der Waals surface area contributed by atoms with Crippen LogP contribution < -0.4 is 21.1 Å². The number of anilines is 3. The number of methoxy groups -OCH3 is 1. The Bertz CT molecular complexity index is 704. The largest absolute Gasteiger partial charge is 0.544 e. The molecule has 0 saturated carbocycles. The second-order valence-corrected chi connectivity index (χ2v) is 5.76. The summed E-state index contributed by atoms with van der Waals surface area (Å²) in [4.78, 5) is 23.2. The minimum absolute atomic E-state index is 0.171. The molecular formula is C19H23N3O4. The number of carboxylic acid groups (broad SMARTS) is 1. The highest BCUT2D eigenvalue weighted by molar-refractivity contribution is 5.93. The minimum atomic E-state index is -1.27. The number of nitrogens with one attached hydrogen (secondary N) is 2. The Kier molecular flexibility index (Phi) is 7.60. The number of hydrogen-bond donors (Lipinski definition) is 3.